The van der Waals surface area contributed by atoms with Crippen molar-refractivity contribution in [1.82, 2.24) is 0 Å². The van der Waals surface area contributed by atoms with E-state index < -0.39 is 0 Å². The first-order valence-corrected chi connectivity index (χ1v) is 9.71. The Kier molecular flexibility index (Phi) is 10.0. The maximum Gasteiger partial charge on any atom is 0.0800 e. The summed E-state index contributed by atoms with van der Waals surface area (Å²) in [6.07, 6.45) is 14.2. The molecule has 2 heteroatoms. The Morgan fingerprint density at radius 3 is 1.90 bits per heavy atom. The average Bonchev–Trinajstić information content (AvgIpc) is 2.79. The van der Waals surface area contributed by atoms with Gasteiger partial charge in [0.2, 0.25) is 0 Å². The summed E-state index contributed by atoms with van der Waals surface area (Å²) in [7, 11) is 0. The minimum atomic E-state index is -0.246. The monoisotopic (exact) mass is 310 g/mol. The Labute approximate surface area is 135 Å². The van der Waals surface area contributed by atoms with Crippen molar-refractivity contribution in [3.05, 3.63) is 21.4 Å². The molecule has 1 unspecified atom stereocenters. The van der Waals surface area contributed by atoms with E-state index in [2.05, 4.69) is 26.8 Å². The molecule has 0 amide bonds. The molecular formula is C19H34OS. The van der Waals surface area contributed by atoms with Gasteiger partial charge in [0, 0.05) is 9.75 Å². The maximum atomic E-state index is 10.2. The molecule has 0 saturated carbocycles. The van der Waals surface area contributed by atoms with Crippen LogP contribution in [0.4, 0.5) is 0 Å². The van der Waals surface area contributed by atoms with E-state index >= 15 is 0 Å². The molecule has 1 nitrogen and oxygen atoms in total. The number of thiophene rings is 1. The van der Waals surface area contributed by atoms with E-state index in [1.165, 1.54) is 67.5 Å². The molecule has 1 N–H and O–H groups in total. The van der Waals surface area contributed by atoms with E-state index in [9.17, 15) is 5.11 Å². The van der Waals surface area contributed by atoms with Crippen LogP contribution in [0.3, 0.4) is 0 Å². The number of aliphatic hydroxyl groups is 1. The van der Waals surface area contributed by atoms with Crippen LogP contribution >= 0.6 is 11.3 Å². The van der Waals surface area contributed by atoms with Crippen molar-refractivity contribution >= 4 is 11.3 Å². The molecule has 0 fully saturated rings. The molecule has 1 atom stereocenters. The van der Waals surface area contributed by atoms with Crippen molar-refractivity contribution in [2.24, 2.45) is 0 Å². The van der Waals surface area contributed by atoms with Gasteiger partial charge in [-0.3, -0.25) is 0 Å². The fraction of sp³-hybridized carbons (Fsp3) is 0.789. The Bertz CT molecular complexity index is 370. The number of hydrogen-bond acceptors (Lipinski definition) is 2. The summed E-state index contributed by atoms with van der Waals surface area (Å²) in [5.41, 5.74) is 1.16. The van der Waals surface area contributed by atoms with Gasteiger partial charge in [-0.2, -0.15) is 0 Å². The number of unbranched alkanes of at least 4 members (excludes halogenated alkanes) is 9. The molecule has 1 aromatic heterocycles. The third-order valence-corrected chi connectivity index (χ3v) is 5.25. The first-order valence-electron chi connectivity index (χ1n) is 8.90. The molecule has 1 heterocycles. The van der Waals surface area contributed by atoms with Gasteiger partial charge in [-0.1, -0.05) is 71.1 Å². The normalized spacial score (nSPS) is 12.8. The minimum absolute atomic E-state index is 0.246. The minimum Gasteiger partial charge on any atom is -0.388 e. The first-order chi connectivity index (χ1) is 10.1. The molecule has 0 radical (unpaired) electrons. The lowest BCUT2D eigenvalue weighted by atomic mass is 10.0. The lowest BCUT2D eigenvalue weighted by molar-refractivity contribution is 0.163. The molecule has 0 saturated heterocycles. The molecular weight excluding hydrogens is 276 g/mol. The van der Waals surface area contributed by atoms with Crippen LogP contribution < -0.4 is 0 Å². The summed E-state index contributed by atoms with van der Waals surface area (Å²) < 4.78 is 0. The van der Waals surface area contributed by atoms with E-state index in [4.69, 9.17) is 0 Å². The zero-order valence-corrected chi connectivity index (χ0v) is 15.1. The van der Waals surface area contributed by atoms with Crippen molar-refractivity contribution < 1.29 is 5.11 Å². The van der Waals surface area contributed by atoms with Crippen LogP contribution in [0.15, 0.2) is 6.07 Å². The topological polar surface area (TPSA) is 20.2 Å². The molecule has 1 rings (SSSR count). The van der Waals surface area contributed by atoms with Gasteiger partial charge in [-0.25, -0.2) is 0 Å². The maximum absolute atomic E-state index is 10.2. The number of aryl methyl sites for hydroxylation is 2. The lowest BCUT2D eigenvalue weighted by Gasteiger charge is -2.10. The highest BCUT2D eigenvalue weighted by Gasteiger charge is 2.12. The Balaban J connectivity index is 1.98. The zero-order valence-electron chi connectivity index (χ0n) is 14.3. The van der Waals surface area contributed by atoms with Gasteiger partial charge in [-0.15, -0.1) is 11.3 Å². The van der Waals surface area contributed by atoms with Crippen molar-refractivity contribution in [3.8, 4) is 0 Å². The largest absolute Gasteiger partial charge is 0.388 e. The van der Waals surface area contributed by atoms with Gasteiger partial charge < -0.3 is 5.11 Å². The van der Waals surface area contributed by atoms with Gasteiger partial charge in [0.15, 0.2) is 0 Å². The summed E-state index contributed by atoms with van der Waals surface area (Å²) in [6.45, 7) is 6.51. The van der Waals surface area contributed by atoms with Gasteiger partial charge in [0.05, 0.1) is 6.10 Å². The highest BCUT2D eigenvalue weighted by Crippen LogP contribution is 2.29. The molecule has 122 valence electrons. The average molecular weight is 311 g/mol. The SMILES string of the molecule is CCCCCCCCCCCCC(O)c1cc(C)sc1C. The van der Waals surface area contributed by atoms with E-state index in [1.54, 1.807) is 11.3 Å². The standard InChI is InChI=1S/C19H34OS/c1-4-5-6-7-8-9-10-11-12-13-14-19(20)18-15-16(2)21-17(18)3/h15,19-20H,4-14H2,1-3H3. The second-order valence-electron chi connectivity index (χ2n) is 6.36. The van der Waals surface area contributed by atoms with Crippen LogP contribution in [0.1, 0.15) is 99.0 Å². The molecule has 0 bridgehead atoms. The van der Waals surface area contributed by atoms with Crippen molar-refractivity contribution in [3.63, 3.8) is 0 Å². The Morgan fingerprint density at radius 1 is 0.905 bits per heavy atom. The second kappa shape index (κ2) is 11.3. The molecule has 0 aliphatic heterocycles. The zero-order chi connectivity index (χ0) is 15.5. The number of aliphatic hydroxyl groups excluding tert-OH is 1. The van der Waals surface area contributed by atoms with Gasteiger partial charge in [0.1, 0.15) is 0 Å². The predicted molar refractivity (Wildman–Crippen MR) is 95.2 cm³/mol. The van der Waals surface area contributed by atoms with Crippen molar-refractivity contribution in [2.75, 3.05) is 0 Å². The summed E-state index contributed by atoms with van der Waals surface area (Å²) >= 11 is 1.80. The smallest absolute Gasteiger partial charge is 0.0800 e. The Hall–Kier alpha value is -0.340. The molecule has 0 spiro atoms. The summed E-state index contributed by atoms with van der Waals surface area (Å²) in [5, 5.41) is 10.2. The molecule has 0 aromatic carbocycles. The lowest BCUT2D eigenvalue weighted by Crippen LogP contribution is -1.97. The molecule has 0 aliphatic carbocycles. The predicted octanol–water partition coefficient (Wildman–Crippen LogP) is 6.71. The van der Waals surface area contributed by atoms with Crippen LogP contribution in [0.5, 0.6) is 0 Å². The quantitative estimate of drug-likeness (QED) is 0.425. The third-order valence-electron chi connectivity index (χ3n) is 4.27. The Morgan fingerprint density at radius 2 is 1.43 bits per heavy atom. The second-order valence-corrected chi connectivity index (χ2v) is 7.82. The van der Waals surface area contributed by atoms with Crippen LogP contribution in [0.2, 0.25) is 0 Å². The van der Waals surface area contributed by atoms with Crippen molar-refractivity contribution in [1.29, 1.82) is 0 Å². The van der Waals surface area contributed by atoms with Crippen LogP contribution in [0, 0.1) is 13.8 Å². The summed E-state index contributed by atoms with van der Waals surface area (Å²) in [5.74, 6) is 0. The van der Waals surface area contributed by atoms with Crippen molar-refractivity contribution in [2.45, 2.75) is 97.5 Å². The summed E-state index contributed by atoms with van der Waals surface area (Å²) in [4.78, 5) is 2.59. The molecule has 21 heavy (non-hydrogen) atoms. The van der Waals surface area contributed by atoms with E-state index in [0.717, 1.165) is 18.4 Å². The summed E-state index contributed by atoms with van der Waals surface area (Å²) in [6, 6.07) is 2.15. The third kappa shape index (κ3) is 8.01. The number of hydrogen-bond donors (Lipinski definition) is 1. The highest BCUT2D eigenvalue weighted by molar-refractivity contribution is 7.12. The van der Waals surface area contributed by atoms with Gasteiger partial charge >= 0.3 is 0 Å². The molecule has 1 aromatic rings. The van der Waals surface area contributed by atoms with Gasteiger partial charge in [0.25, 0.3) is 0 Å². The van der Waals surface area contributed by atoms with Crippen LogP contribution in [-0.2, 0) is 0 Å². The highest BCUT2D eigenvalue weighted by atomic mass is 32.1. The molecule has 0 aliphatic rings. The van der Waals surface area contributed by atoms with Gasteiger partial charge in [-0.05, 0) is 31.9 Å². The fourth-order valence-electron chi connectivity index (χ4n) is 2.96. The fourth-order valence-corrected chi connectivity index (χ4v) is 3.94. The van der Waals surface area contributed by atoms with E-state index in [-0.39, 0.29) is 6.10 Å². The van der Waals surface area contributed by atoms with Crippen LogP contribution in [-0.4, -0.2) is 5.11 Å². The number of rotatable bonds is 12. The first kappa shape index (κ1) is 18.7. The van der Waals surface area contributed by atoms with E-state index in [0.29, 0.717) is 0 Å². The van der Waals surface area contributed by atoms with Crippen LogP contribution in [0.25, 0.3) is 0 Å². The van der Waals surface area contributed by atoms with E-state index in [1.807, 2.05) is 0 Å².